The maximum absolute atomic E-state index is 6.15. The van der Waals surface area contributed by atoms with Gasteiger partial charge in [0.1, 0.15) is 0 Å². The summed E-state index contributed by atoms with van der Waals surface area (Å²) in [6.07, 6.45) is 4.97. The Morgan fingerprint density at radius 3 is 2.82 bits per heavy atom. The SMILES string of the molecule is Cc1nc(CN[C@@H]2CCCC[C@H]2OCc2ccccc2)no1. The van der Waals surface area contributed by atoms with Crippen LogP contribution < -0.4 is 5.32 Å². The van der Waals surface area contributed by atoms with Crippen molar-refractivity contribution in [2.24, 2.45) is 0 Å². The average Bonchev–Trinajstić information content (AvgIpc) is 2.98. The van der Waals surface area contributed by atoms with Crippen LogP contribution in [0.4, 0.5) is 0 Å². The second kappa shape index (κ2) is 7.51. The van der Waals surface area contributed by atoms with Crippen molar-refractivity contribution < 1.29 is 9.26 Å². The Bertz CT molecular complexity index is 570. The van der Waals surface area contributed by atoms with Crippen LogP contribution in [0.25, 0.3) is 0 Å². The van der Waals surface area contributed by atoms with Crippen molar-refractivity contribution >= 4 is 0 Å². The summed E-state index contributed by atoms with van der Waals surface area (Å²) < 4.78 is 11.2. The summed E-state index contributed by atoms with van der Waals surface area (Å²) in [4.78, 5) is 4.23. The molecule has 22 heavy (non-hydrogen) atoms. The van der Waals surface area contributed by atoms with Crippen LogP contribution in [-0.4, -0.2) is 22.3 Å². The third-order valence-electron chi connectivity index (χ3n) is 4.10. The highest BCUT2D eigenvalue weighted by molar-refractivity contribution is 5.13. The number of hydrogen-bond acceptors (Lipinski definition) is 5. The molecule has 0 radical (unpaired) electrons. The number of aryl methyl sites for hydroxylation is 1. The second-order valence-electron chi connectivity index (χ2n) is 5.84. The maximum atomic E-state index is 6.15. The highest BCUT2D eigenvalue weighted by atomic mass is 16.5. The minimum atomic E-state index is 0.252. The summed E-state index contributed by atoms with van der Waals surface area (Å²) in [6.45, 7) is 3.11. The lowest BCUT2D eigenvalue weighted by molar-refractivity contribution is -0.00613. The zero-order valence-corrected chi connectivity index (χ0v) is 13.0. The molecule has 118 valence electrons. The van der Waals surface area contributed by atoms with Gasteiger partial charge in [0, 0.05) is 13.0 Å². The van der Waals surface area contributed by atoms with E-state index in [2.05, 4.69) is 27.6 Å². The van der Waals surface area contributed by atoms with E-state index in [1.54, 1.807) is 0 Å². The van der Waals surface area contributed by atoms with E-state index in [9.17, 15) is 0 Å². The van der Waals surface area contributed by atoms with Crippen molar-refractivity contribution in [1.82, 2.24) is 15.5 Å². The summed E-state index contributed by atoms with van der Waals surface area (Å²) in [5.74, 6) is 1.32. The van der Waals surface area contributed by atoms with Gasteiger partial charge in [0.15, 0.2) is 5.82 Å². The number of nitrogens with zero attached hydrogens (tertiary/aromatic N) is 2. The molecule has 1 N–H and O–H groups in total. The first-order valence-electron chi connectivity index (χ1n) is 7.99. The molecule has 1 fully saturated rings. The monoisotopic (exact) mass is 301 g/mol. The molecule has 1 aliphatic rings. The summed E-state index contributed by atoms with van der Waals surface area (Å²) >= 11 is 0. The molecule has 1 heterocycles. The van der Waals surface area contributed by atoms with Crippen LogP contribution in [0, 0.1) is 6.92 Å². The Hall–Kier alpha value is -1.72. The van der Waals surface area contributed by atoms with Gasteiger partial charge in [-0.2, -0.15) is 4.98 Å². The number of aromatic nitrogens is 2. The topological polar surface area (TPSA) is 60.2 Å². The van der Waals surface area contributed by atoms with Crippen LogP contribution in [0.1, 0.15) is 43.0 Å². The predicted octanol–water partition coefficient (Wildman–Crippen LogP) is 3.00. The highest BCUT2D eigenvalue weighted by Gasteiger charge is 2.25. The largest absolute Gasteiger partial charge is 0.372 e. The van der Waals surface area contributed by atoms with Crippen LogP contribution in [0.3, 0.4) is 0 Å². The molecule has 0 unspecified atom stereocenters. The Kier molecular flexibility index (Phi) is 5.19. The fourth-order valence-electron chi connectivity index (χ4n) is 2.94. The van der Waals surface area contributed by atoms with Crippen molar-refractivity contribution in [2.45, 2.75) is 57.9 Å². The van der Waals surface area contributed by atoms with Crippen molar-refractivity contribution in [3.63, 3.8) is 0 Å². The van der Waals surface area contributed by atoms with Crippen molar-refractivity contribution in [1.29, 1.82) is 0 Å². The lowest BCUT2D eigenvalue weighted by Gasteiger charge is -2.32. The minimum Gasteiger partial charge on any atom is -0.372 e. The van der Waals surface area contributed by atoms with E-state index in [1.807, 2.05) is 25.1 Å². The van der Waals surface area contributed by atoms with Crippen LogP contribution in [0.15, 0.2) is 34.9 Å². The first kappa shape index (κ1) is 15.2. The van der Waals surface area contributed by atoms with E-state index in [-0.39, 0.29) is 6.10 Å². The quantitative estimate of drug-likeness (QED) is 0.888. The number of ether oxygens (including phenoxy) is 1. The van der Waals surface area contributed by atoms with Gasteiger partial charge in [0.2, 0.25) is 5.89 Å². The molecule has 2 aromatic rings. The lowest BCUT2D eigenvalue weighted by Crippen LogP contribution is -2.43. The molecular formula is C17H23N3O2. The molecule has 0 amide bonds. The van der Waals surface area contributed by atoms with E-state index in [4.69, 9.17) is 9.26 Å². The van der Waals surface area contributed by atoms with Gasteiger partial charge < -0.3 is 14.6 Å². The zero-order valence-electron chi connectivity index (χ0n) is 13.0. The van der Waals surface area contributed by atoms with E-state index in [1.165, 1.54) is 18.4 Å². The molecule has 1 saturated carbocycles. The summed E-state index contributed by atoms with van der Waals surface area (Å²) in [5.41, 5.74) is 1.22. The first-order valence-corrected chi connectivity index (χ1v) is 7.99. The third kappa shape index (κ3) is 4.15. The van der Waals surface area contributed by atoms with E-state index < -0.39 is 0 Å². The Labute approximate surface area is 131 Å². The van der Waals surface area contributed by atoms with Crippen molar-refractivity contribution in [3.05, 3.63) is 47.6 Å². The normalized spacial score (nSPS) is 21.9. The third-order valence-corrected chi connectivity index (χ3v) is 4.10. The van der Waals surface area contributed by atoms with Gasteiger partial charge in [0.25, 0.3) is 0 Å². The summed E-state index contributed by atoms with van der Waals surface area (Å²) in [6, 6.07) is 10.7. The molecule has 0 bridgehead atoms. The number of benzene rings is 1. The fraction of sp³-hybridized carbons (Fsp3) is 0.529. The Balaban J connectivity index is 1.52. The van der Waals surface area contributed by atoms with Gasteiger partial charge in [-0.3, -0.25) is 0 Å². The van der Waals surface area contributed by atoms with E-state index in [0.29, 0.717) is 30.9 Å². The molecule has 5 nitrogen and oxygen atoms in total. The molecule has 0 spiro atoms. The summed E-state index contributed by atoms with van der Waals surface area (Å²) in [7, 11) is 0. The van der Waals surface area contributed by atoms with Crippen LogP contribution >= 0.6 is 0 Å². The average molecular weight is 301 g/mol. The van der Waals surface area contributed by atoms with E-state index >= 15 is 0 Å². The first-order chi connectivity index (χ1) is 10.8. The Morgan fingerprint density at radius 2 is 2.05 bits per heavy atom. The molecule has 1 aromatic carbocycles. The van der Waals surface area contributed by atoms with E-state index in [0.717, 1.165) is 12.8 Å². The summed E-state index contributed by atoms with van der Waals surface area (Å²) in [5, 5.41) is 7.46. The number of nitrogens with one attached hydrogen (secondary N) is 1. The second-order valence-corrected chi connectivity index (χ2v) is 5.84. The van der Waals surface area contributed by atoms with Gasteiger partial charge in [0.05, 0.1) is 19.3 Å². The molecule has 3 rings (SSSR count). The fourth-order valence-corrected chi connectivity index (χ4v) is 2.94. The van der Waals surface area contributed by atoms with Crippen LogP contribution in [0.2, 0.25) is 0 Å². The molecule has 0 saturated heterocycles. The number of rotatable bonds is 6. The zero-order chi connectivity index (χ0) is 15.2. The Morgan fingerprint density at radius 1 is 1.23 bits per heavy atom. The lowest BCUT2D eigenvalue weighted by atomic mass is 9.92. The minimum absolute atomic E-state index is 0.252. The highest BCUT2D eigenvalue weighted by Crippen LogP contribution is 2.22. The molecular weight excluding hydrogens is 278 g/mol. The smallest absolute Gasteiger partial charge is 0.223 e. The van der Waals surface area contributed by atoms with Crippen LogP contribution in [-0.2, 0) is 17.9 Å². The molecule has 2 atom stereocenters. The molecule has 5 heteroatoms. The maximum Gasteiger partial charge on any atom is 0.223 e. The molecule has 1 aromatic heterocycles. The van der Waals surface area contributed by atoms with Gasteiger partial charge in [-0.25, -0.2) is 0 Å². The van der Waals surface area contributed by atoms with Crippen molar-refractivity contribution in [2.75, 3.05) is 0 Å². The molecule has 1 aliphatic carbocycles. The van der Waals surface area contributed by atoms with Crippen LogP contribution in [0.5, 0.6) is 0 Å². The standard InChI is InChI=1S/C17H23N3O2/c1-13-19-17(20-22-13)11-18-15-9-5-6-10-16(15)21-12-14-7-3-2-4-8-14/h2-4,7-8,15-16,18H,5-6,9-12H2,1H3/t15-,16-/m1/s1. The van der Waals surface area contributed by atoms with Gasteiger partial charge in [-0.1, -0.05) is 48.3 Å². The van der Waals surface area contributed by atoms with Gasteiger partial charge in [-0.05, 0) is 18.4 Å². The number of hydrogen-bond donors (Lipinski definition) is 1. The van der Waals surface area contributed by atoms with Gasteiger partial charge >= 0.3 is 0 Å². The molecule has 0 aliphatic heterocycles. The predicted molar refractivity (Wildman–Crippen MR) is 83.1 cm³/mol. The van der Waals surface area contributed by atoms with Gasteiger partial charge in [-0.15, -0.1) is 0 Å². The van der Waals surface area contributed by atoms with Crippen molar-refractivity contribution in [3.8, 4) is 0 Å².